The maximum absolute atomic E-state index is 7.46. The Balaban J connectivity index is 1.97. The van der Waals surface area contributed by atoms with Crippen molar-refractivity contribution in [1.82, 2.24) is 14.9 Å². The van der Waals surface area contributed by atoms with Crippen molar-refractivity contribution in [3.63, 3.8) is 0 Å². The quantitative estimate of drug-likeness (QED) is 0.567. The van der Waals surface area contributed by atoms with Crippen LogP contribution in [0.4, 0.5) is 11.8 Å². The van der Waals surface area contributed by atoms with Crippen molar-refractivity contribution in [3.8, 4) is 0 Å². The number of aromatic nitrogens is 2. The standard InChI is InChI=1S/C14H25N7/c1-14(2,3)10-18-13-17-5-4-11(19-13)20-6-8-21(9-7-20)12(15)16/h4-5H,6-10H2,1-3H3,(H3,15,16)(H,17,18,19). The number of anilines is 2. The molecule has 21 heavy (non-hydrogen) atoms. The average molecular weight is 291 g/mol. The molecule has 1 fully saturated rings. The lowest BCUT2D eigenvalue weighted by Crippen LogP contribution is -2.51. The minimum absolute atomic E-state index is 0.143. The van der Waals surface area contributed by atoms with Crippen molar-refractivity contribution in [2.75, 3.05) is 42.9 Å². The van der Waals surface area contributed by atoms with Crippen LogP contribution < -0.4 is 16.0 Å². The number of nitrogens with one attached hydrogen (secondary N) is 2. The molecule has 0 bridgehead atoms. The van der Waals surface area contributed by atoms with Gasteiger partial charge in [-0.1, -0.05) is 20.8 Å². The van der Waals surface area contributed by atoms with Gasteiger partial charge in [0.2, 0.25) is 5.95 Å². The third-order valence-corrected chi connectivity index (χ3v) is 3.36. The summed E-state index contributed by atoms with van der Waals surface area (Å²) in [7, 11) is 0. The molecule has 0 spiro atoms. The number of hydrogen-bond acceptors (Lipinski definition) is 5. The van der Waals surface area contributed by atoms with Gasteiger partial charge in [-0.05, 0) is 11.5 Å². The van der Waals surface area contributed by atoms with Gasteiger partial charge in [0.25, 0.3) is 0 Å². The van der Waals surface area contributed by atoms with E-state index >= 15 is 0 Å². The van der Waals surface area contributed by atoms with Crippen LogP contribution in [0.1, 0.15) is 20.8 Å². The monoisotopic (exact) mass is 291 g/mol. The van der Waals surface area contributed by atoms with Gasteiger partial charge >= 0.3 is 0 Å². The van der Waals surface area contributed by atoms with Gasteiger partial charge in [0, 0.05) is 38.9 Å². The van der Waals surface area contributed by atoms with Crippen LogP contribution in [0.3, 0.4) is 0 Å². The SMILES string of the molecule is CC(C)(C)CNc1nccc(N2CCN(C(=N)N)CC2)n1. The Morgan fingerprint density at radius 1 is 1.33 bits per heavy atom. The fraction of sp³-hybridized carbons (Fsp3) is 0.643. The predicted molar refractivity (Wildman–Crippen MR) is 85.7 cm³/mol. The van der Waals surface area contributed by atoms with E-state index in [0.29, 0.717) is 5.95 Å². The minimum atomic E-state index is 0.143. The molecule has 0 amide bonds. The Labute approximate surface area is 126 Å². The molecule has 2 heterocycles. The molecule has 0 radical (unpaired) electrons. The van der Waals surface area contributed by atoms with Gasteiger partial charge in [-0.2, -0.15) is 4.98 Å². The smallest absolute Gasteiger partial charge is 0.224 e. The minimum Gasteiger partial charge on any atom is -0.370 e. The molecule has 7 nitrogen and oxygen atoms in total. The van der Waals surface area contributed by atoms with Crippen molar-refractivity contribution in [2.45, 2.75) is 20.8 Å². The summed E-state index contributed by atoms with van der Waals surface area (Å²) in [6.45, 7) is 10.5. The molecule has 0 unspecified atom stereocenters. The highest BCUT2D eigenvalue weighted by Gasteiger charge is 2.19. The largest absolute Gasteiger partial charge is 0.370 e. The van der Waals surface area contributed by atoms with E-state index in [2.05, 4.69) is 41.0 Å². The third-order valence-electron chi connectivity index (χ3n) is 3.36. The number of nitrogens with zero attached hydrogens (tertiary/aromatic N) is 4. The van der Waals surface area contributed by atoms with E-state index < -0.39 is 0 Å². The molecule has 0 saturated carbocycles. The summed E-state index contributed by atoms with van der Waals surface area (Å²) in [6.07, 6.45) is 1.78. The second-order valence-corrected chi connectivity index (χ2v) is 6.51. The summed E-state index contributed by atoms with van der Waals surface area (Å²) >= 11 is 0. The van der Waals surface area contributed by atoms with Gasteiger partial charge in [-0.25, -0.2) is 4.98 Å². The van der Waals surface area contributed by atoms with Crippen LogP contribution in [0.2, 0.25) is 0 Å². The molecule has 2 rings (SSSR count). The first-order chi connectivity index (χ1) is 9.85. The summed E-state index contributed by atoms with van der Waals surface area (Å²) in [5.74, 6) is 1.73. The fourth-order valence-corrected chi connectivity index (χ4v) is 2.13. The molecular weight excluding hydrogens is 266 g/mol. The molecule has 0 atom stereocenters. The van der Waals surface area contributed by atoms with Crippen molar-refractivity contribution >= 4 is 17.7 Å². The van der Waals surface area contributed by atoms with Crippen LogP contribution in [0.5, 0.6) is 0 Å². The molecule has 1 saturated heterocycles. The van der Waals surface area contributed by atoms with Gasteiger partial charge < -0.3 is 20.9 Å². The molecule has 4 N–H and O–H groups in total. The normalized spacial score (nSPS) is 16.0. The van der Waals surface area contributed by atoms with Crippen molar-refractivity contribution in [2.24, 2.45) is 11.1 Å². The zero-order valence-electron chi connectivity index (χ0n) is 13.1. The Morgan fingerprint density at radius 3 is 2.57 bits per heavy atom. The molecule has 1 aromatic heterocycles. The zero-order valence-corrected chi connectivity index (χ0v) is 13.1. The predicted octanol–water partition coefficient (Wildman–Crippen LogP) is 0.950. The lowest BCUT2D eigenvalue weighted by molar-refractivity contribution is 0.378. The molecule has 1 aliphatic heterocycles. The average Bonchev–Trinajstić information content (AvgIpc) is 2.45. The van der Waals surface area contributed by atoms with Gasteiger partial charge in [0.15, 0.2) is 5.96 Å². The first-order valence-corrected chi connectivity index (χ1v) is 7.26. The van der Waals surface area contributed by atoms with Crippen LogP contribution in [0.15, 0.2) is 12.3 Å². The highest BCUT2D eigenvalue weighted by molar-refractivity contribution is 5.74. The highest BCUT2D eigenvalue weighted by Crippen LogP contribution is 2.17. The Kier molecular flexibility index (Phi) is 4.50. The zero-order chi connectivity index (χ0) is 15.5. The van der Waals surface area contributed by atoms with E-state index in [4.69, 9.17) is 11.1 Å². The van der Waals surface area contributed by atoms with E-state index in [1.165, 1.54) is 0 Å². The van der Waals surface area contributed by atoms with Crippen LogP contribution in [-0.4, -0.2) is 53.6 Å². The van der Waals surface area contributed by atoms with Gasteiger partial charge in [-0.15, -0.1) is 0 Å². The molecule has 1 aliphatic rings. The molecule has 1 aromatic rings. The molecule has 0 aliphatic carbocycles. The summed E-state index contributed by atoms with van der Waals surface area (Å²) in [5, 5.41) is 10.7. The highest BCUT2D eigenvalue weighted by atomic mass is 15.3. The summed E-state index contributed by atoms with van der Waals surface area (Å²) in [6, 6.07) is 1.92. The summed E-state index contributed by atoms with van der Waals surface area (Å²) < 4.78 is 0. The van der Waals surface area contributed by atoms with Gasteiger partial charge in [0.1, 0.15) is 5.82 Å². The lowest BCUT2D eigenvalue weighted by Gasteiger charge is -2.35. The van der Waals surface area contributed by atoms with Crippen LogP contribution in [0, 0.1) is 10.8 Å². The van der Waals surface area contributed by atoms with E-state index in [1.807, 2.05) is 11.0 Å². The summed E-state index contributed by atoms with van der Waals surface area (Å²) in [4.78, 5) is 12.9. The number of rotatable bonds is 3. The maximum Gasteiger partial charge on any atom is 0.224 e. The fourth-order valence-electron chi connectivity index (χ4n) is 2.13. The van der Waals surface area contributed by atoms with Crippen molar-refractivity contribution in [1.29, 1.82) is 5.41 Å². The molecule has 7 heteroatoms. The Bertz CT molecular complexity index is 486. The van der Waals surface area contributed by atoms with Gasteiger partial charge in [-0.3, -0.25) is 5.41 Å². The number of guanidine groups is 1. The van der Waals surface area contributed by atoms with Crippen molar-refractivity contribution in [3.05, 3.63) is 12.3 Å². The lowest BCUT2D eigenvalue weighted by atomic mass is 9.97. The van der Waals surface area contributed by atoms with Crippen molar-refractivity contribution < 1.29 is 0 Å². The third kappa shape index (κ3) is 4.47. The van der Waals surface area contributed by atoms with E-state index in [1.54, 1.807) is 6.20 Å². The number of hydrogen-bond donors (Lipinski definition) is 3. The Hall–Kier alpha value is -2.05. The Morgan fingerprint density at radius 2 is 2.00 bits per heavy atom. The second-order valence-electron chi connectivity index (χ2n) is 6.51. The second kappa shape index (κ2) is 6.15. The number of piperazine rings is 1. The van der Waals surface area contributed by atoms with Crippen LogP contribution in [-0.2, 0) is 0 Å². The maximum atomic E-state index is 7.46. The molecular formula is C14H25N7. The van der Waals surface area contributed by atoms with Crippen LogP contribution >= 0.6 is 0 Å². The molecule has 0 aromatic carbocycles. The number of nitrogens with two attached hydrogens (primary N) is 1. The summed E-state index contributed by atoms with van der Waals surface area (Å²) in [5.41, 5.74) is 5.70. The first kappa shape index (κ1) is 15.3. The van der Waals surface area contributed by atoms with Gasteiger partial charge in [0.05, 0.1) is 0 Å². The van der Waals surface area contributed by atoms with E-state index in [9.17, 15) is 0 Å². The molecule has 116 valence electrons. The van der Waals surface area contributed by atoms with E-state index in [-0.39, 0.29) is 11.4 Å². The topological polar surface area (TPSA) is 94.2 Å². The van der Waals surface area contributed by atoms with Crippen LogP contribution in [0.25, 0.3) is 0 Å². The first-order valence-electron chi connectivity index (χ1n) is 7.26. The van der Waals surface area contributed by atoms with E-state index in [0.717, 1.165) is 38.5 Å².